The third kappa shape index (κ3) is 49.1. The second-order valence-corrected chi connectivity index (χ2v) is 18.6. The summed E-state index contributed by atoms with van der Waals surface area (Å²) in [4.78, 5) is 12.5. The molecular formula is C58H107NO3. The molecule has 0 saturated carbocycles. The largest absolute Gasteiger partial charge is 0.394 e. The highest BCUT2D eigenvalue weighted by Crippen LogP contribution is 2.16. The Kier molecular flexibility index (Phi) is 51.8. The molecule has 0 spiro atoms. The van der Waals surface area contributed by atoms with Crippen molar-refractivity contribution < 1.29 is 15.0 Å². The maximum atomic E-state index is 12.5. The molecule has 4 nitrogen and oxygen atoms in total. The number of hydrogen-bond donors (Lipinski definition) is 3. The number of rotatable bonds is 50. The van der Waals surface area contributed by atoms with Crippen molar-refractivity contribution in [1.82, 2.24) is 5.32 Å². The normalized spacial score (nSPS) is 13.3. The van der Waals surface area contributed by atoms with Gasteiger partial charge in [0.25, 0.3) is 0 Å². The summed E-state index contributed by atoms with van der Waals surface area (Å²) >= 11 is 0. The second-order valence-electron chi connectivity index (χ2n) is 18.6. The summed E-state index contributed by atoms with van der Waals surface area (Å²) in [6.45, 7) is 4.30. The van der Waals surface area contributed by atoms with E-state index in [0.29, 0.717) is 6.42 Å². The molecule has 3 N–H and O–H groups in total. The summed E-state index contributed by atoms with van der Waals surface area (Å²) in [6, 6.07) is -0.648. The molecule has 0 radical (unpaired) electrons. The van der Waals surface area contributed by atoms with Gasteiger partial charge in [-0.05, 0) is 77.0 Å². The van der Waals surface area contributed by atoms with E-state index in [0.717, 1.165) is 44.9 Å². The summed E-state index contributed by atoms with van der Waals surface area (Å²) in [5.41, 5.74) is 0. The number of unbranched alkanes of at least 4 members (excludes halogenated alkanes) is 35. The molecule has 0 aromatic carbocycles. The molecule has 4 heteroatoms. The third-order valence-corrected chi connectivity index (χ3v) is 12.5. The molecule has 0 fully saturated rings. The van der Waals surface area contributed by atoms with Gasteiger partial charge in [-0.2, -0.15) is 0 Å². The first-order valence-corrected chi connectivity index (χ1v) is 27.5. The van der Waals surface area contributed by atoms with Gasteiger partial charge in [-0.15, -0.1) is 0 Å². The lowest BCUT2D eigenvalue weighted by Gasteiger charge is -2.19. The zero-order valence-electron chi connectivity index (χ0n) is 41.6. The van der Waals surface area contributed by atoms with Crippen LogP contribution in [0.1, 0.15) is 284 Å². The summed E-state index contributed by atoms with van der Waals surface area (Å²) in [5, 5.41) is 23.1. The number of aliphatic hydroxyl groups excluding tert-OH is 2. The van der Waals surface area contributed by atoms with Crippen molar-refractivity contribution in [2.45, 2.75) is 296 Å². The van der Waals surface area contributed by atoms with Crippen molar-refractivity contribution in [2.24, 2.45) is 0 Å². The van der Waals surface area contributed by atoms with Gasteiger partial charge in [-0.1, -0.05) is 261 Å². The maximum absolute atomic E-state index is 12.5. The quantitative estimate of drug-likeness (QED) is 0.0421. The molecule has 0 aliphatic carbocycles. The number of nitrogens with one attached hydrogen (secondary N) is 1. The highest BCUT2D eigenvalue weighted by atomic mass is 16.3. The minimum atomic E-state index is -0.872. The lowest BCUT2D eigenvalue weighted by molar-refractivity contribution is -0.123. The standard InChI is InChI=1S/C58H107NO3/c1-3-5-7-9-11-13-15-17-19-21-23-25-27-28-29-30-32-34-36-38-40-42-44-46-48-50-52-54-58(62)59-56(55-60)57(61)53-51-49-47-45-43-41-39-37-35-33-31-26-24-22-20-18-16-14-12-10-8-6-4-2/h15,17,21,23,35,37,43,45,51,53,56-57,60-61H,3-14,16,18-20,22,24-34,36,38-42,44,46-50,52,54-55H2,1-2H3,(H,59,62)/b17-15-,23-21-,37-35+,45-43+,53-51+. The molecule has 1 amide bonds. The van der Waals surface area contributed by atoms with Gasteiger partial charge in [0.15, 0.2) is 0 Å². The van der Waals surface area contributed by atoms with Crippen molar-refractivity contribution in [3.05, 3.63) is 60.8 Å². The predicted octanol–water partition coefficient (Wildman–Crippen LogP) is 18.0. The van der Waals surface area contributed by atoms with Gasteiger partial charge in [-0.3, -0.25) is 4.79 Å². The van der Waals surface area contributed by atoms with E-state index in [2.05, 4.69) is 67.8 Å². The first-order chi connectivity index (χ1) is 30.7. The van der Waals surface area contributed by atoms with Crippen LogP contribution in [0.15, 0.2) is 60.8 Å². The van der Waals surface area contributed by atoms with Crippen LogP contribution in [0.25, 0.3) is 0 Å². The second kappa shape index (κ2) is 53.4. The van der Waals surface area contributed by atoms with E-state index < -0.39 is 12.1 Å². The van der Waals surface area contributed by atoms with E-state index in [1.54, 1.807) is 6.08 Å². The average Bonchev–Trinajstić information content (AvgIpc) is 3.28. The zero-order chi connectivity index (χ0) is 44.9. The third-order valence-electron chi connectivity index (χ3n) is 12.5. The Balaban J connectivity index is 3.56. The number of allylic oxidation sites excluding steroid dienone is 9. The smallest absolute Gasteiger partial charge is 0.220 e. The Morgan fingerprint density at radius 3 is 1.03 bits per heavy atom. The first kappa shape index (κ1) is 60.1. The lowest BCUT2D eigenvalue weighted by atomic mass is 10.0. The lowest BCUT2D eigenvalue weighted by Crippen LogP contribution is -2.45. The maximum Gasteiger partial charge on any atom is 0.220 e. The van der Waals surface area contributed by atoms with Crippen LogP contribution in [0.3, 0.4) is 0 Å². The number of aliphatic hydroxyl groups is 2. The van der Waals surface area contributed by atoms with Crippen LogP contribution in [-0.4, -0.2) is 34.9 Å². The van der Waals surface area contributed by atoms with Gasteiger partial charge in [0, 0.05) is 6.42 Å². The highest BCUT2D eigenvalue weighted by Gasteiger charge is 2.17. The molecule has 0 heterocycles. The van der Waals surface area contributed by atoms with E-state index in [-0.39, 0.29) is 12.5 Å². The SMILES string of the molecule is CCCCCCC/C=C\C/C=C\CCCCCCCCCCCCCCCCCC(=O)NC(CO)C(O)/C=C/CC/C=C/CC/C=C/CCCCCCCCCCCCCCC. The Morgan fingerprint density at radius 2 is 0.677 bits per heavy atom. The van der Waals surface area contributed by atoms with Gasteiger partial charge in [-0.25, -0.2) is 0 Å². The number of amides is 1. The molecule has 0 saturated heterocycles. The highest BCUT2D eigenvalue weighted by molar-refractivity contribution is 5.76. The Labute approximate surface area is 387 Å². The molecule has 62 heavy (non-hydrogen) atoms. The fourth-order valence-corrected chi connectivity index (χ4v) is 8.24. The van der Waals surface area contributed by atoms with Gasteiger partial charge in [0.1, 0.15) is 0 Å². The minimum absolute atomic E-state index is 0.0765. The van der Waals surface area contributed by atoms with Crippen LogP contribution in [0.4, 0.5) is 0 Å². The molecule has 0 aromatic rings. The van der Waals surface area contributed by atoms with Gasteiger partial charge >= 0.3 is 0 Å². The molecule has 0 rings (SSSR count). The molecule has 362 valence electrons. The fourth-order valence-electron chi connectivity index (χ4n) is 8.24. The van der Waals surface area contributed by atoms with E-state index in [1.807, 2.05) is 6.08 Å². The summed E-state index contributed by atoms with van der Waals surface area (Å²) in [6.07, 6.45) is 75.2. The average molecular weight is 866 g/mol. The Hall–Kier alpha value is -1.91. The van der Waals surface area contributed by atoms with Crippen molar-refractivity contribution in [1.29, 1.82) is 0 Å². The van der Waals surface area contributed by atoms with Crippen LogP contribution in [0, 0.1) is 0 Å². The zero-order valence-corrected chi connectivity index (χ0v) is 41.6. The monoisotopic (exact) mass is 866 g/mol. The molecular weight excluding hydrogens is 759 g/mol. The number of carbonyl (C=O) groups is 1. The van der Waals surface area contributed by atoms with E-state index >= 15 is 0 Å². The minimum Gasteiger partial charge on any atom is -0.394 e. The molecule has 2 unspecified atom stereocenters. The molecule has 0 bridgehead atoms. The first-order valence-electron chi connectivity index (χ1n) is 27.5. The number of carbonyl (C=O) groups excluding carboxylic acids is 1. The van der Waals surface area contributed by atoms with Gasteiger partial charge in [0.05, 0.1) is 18.8 Å². The van der Waals surface area contributed by atoms with Crippen LogP contribution in [0.5, 0.6) is 0 Å². The summed E-state index contributed by atoms with van der Waals surface area (Å²) in [7, 11) is 0. The van der Waals surface area contributed by atoms with Crippen LogP contribution in [0.2, 0.25) is 0 Å². The van der Waals surface area contributed by atoms with E-state index in [1.165, 1.54) is 218 Å². The van der Waals surface area contributed by atoms with Crippen LogP contribution < -0.4 is 5.32 Å². The van der Waals surface area contributed by atoms with Crippen LogP contribution >= 0.6 is 0 Å². The van der Waals surface area contributed by atoms with Crippen molar-refractivity contribution >= 4 is 5.91 Å². The molecule has 0 aromatic heterocycles. The topological polar surface area (TPSA) is 69.6 Å². The Morgan fingerprint density at radius 1 is 0.387 bits per heavy atom. The predicted molar refractivity (Wildman–Crippen MR) is 276 cm³/mol. The molecule has 0 aliphatic heterocycles. The van der Waals surface area contributed by atoms with Crippen molar-refractivity contribution in [3.8, 4) is 0 Å². The molecule has 2 atom stereocenters. The number of hydrogen-bond acceptors (Lipinski definition) is 3. The van der Waals surface area contributed by atoms with E-state index in [4.69, 9.17) is 0 Å². The Bertz CT molecular complexity index is 1030. The van der Waals surface area contributed by atoms with Gasteiger partial charge in [0.2, 0.25) is 5.91 Å². The van der Waals surface area contributed by atoms with E-state index in [9.17, 15) is 15.0 Å². The van der Waals surface area contributed by atoms with Gasteiger partial charge < -0.3 is 15.5 Å². The van der Waals surface area contributed by atoms with Crippen molar-refractivity contribution in [3.63, 3.8) is 0 Å². The fraction of sp³-hybridized carbons (Fsp3) is 0.810. The van der Waals surface area contributed by atoms with Crippen molar-refractivity contribution in [2.75, 3.05) is 6.61 Å². The summed E-state index contributed by atoms with van der Waals surface area (Å²) < 4.78 is 0. The molecule has 0 aliphatic rings. The van der Waals surface area contributed by atoms with Crippen LogP contribution in [-0.2, 0) is 4.79 Å². The summed E-state index contributed by atoms with van der Waals surface area (Å²) in [5.74, 6) is -0.0765.